The smallest absolute Gasteiger partial charge is 0.293 e. The number of fused-ring (bicyclic) bond motifs is 2. The third-order valence-corrected chi connectivity index (χ3v) is 5.66. The highest BCUT2D eigenvalue weighted by Gasteiger charge is 2.17. The van der Waals surface area contributed by atoms with E-state index in [4.69, 9.17) is 31.2 Å². The fourth-order valence-electron chi connectivity index (χ4n) is 3.60. The molecule has 1 saturated heterocycles. The number of amides is 1. The number of Topliss-reactive ketones (excluding diaryl/α,β-unsaturated/α-hetero) is 1. The summed E-state index contributed by atoms with van der Waals surface area (Å²) >= 11 is 5.75. The van der Waals surface area contributed by atoms with Crippen molar-refractivity contribution >= 4 is 34.3 Å². The largest absolute Gasteiger partial charge is 0.486 e. The molecule has 3 aromatic rings. The molecule has 7 nitrogen and oxygen atoms in total. The minimum atomic E-state index is -1.04. The van der Waals surface area contributed by atoms with Crippen LogP contribution in [0.15, 0.2) is 46.9 Å². The Morgan fingerprint density at radius 1 is 1.00 bits per heavy atom. The highest BCUT2D eigenvalue weighted by molar-refractivity contribution is 6.41. The van der Waals surface area contributed by atoms with Gasteiger partial charge in [0.1, 0.15) is 18.8 Å². The lowest BCUT2D eigenvalue weighted by Gasteiger charge is -2.30. The molecule has 1 fully saturated rings. The Balaban J connectivity index is 0.000000155. The van der Waals surface area contributed by atoms with Crippen LogP contribution in [0, 0.1) is 0 Å². The van der Waals surface area contributed by atoms with Crippen molar-refractivity contribution in [1.29, 1.82) is 0 Å². The lowest BCUT2D eigenvalue weighted by atomic mass is 10.1. The minimum Gasteiger partial charge on any atom is -0.486 e. The second-order valence-corrected chi connectivity index (χ2v) is 8.20. The molecular weight excluding hydrogens is 432 g/mol. The molecule has 8 heteroatoms. The first-order valence-corrected chi connectivity index (χ1v) is 11.0. The lowest BCUT2D eigenvalue weighted by molar-refractivity contribution is -0.114. The maximum absolute atomic E-state index is 11.2. The van der Waals surface area contributed by atoms with E-state index in [2.05, 4.69) is 17.0 Å². The summed E-state index contributed by atoms with van der Waals surface area (Å²) in [4.78, 5) is 24.3. The van der Waals surface area contributed by atoms with Crippen LogP contribution >= 0.6 is 11.6 Å². The average molecular weight is 457 g/mol. The summed E-state index contributed by atoms with van der Waals surface area (Å²) in [6, 6.07) is 12.6. The SMILES string of the molecule is NC(=O)C(=O)c1cc2cc(Cl)ccc2o1.c1cc2c(cc1CCCN1CCC1)OCCO2. The van der Waals surface area contributed by atoms with Crippen LogP contribution in [0.5, 0.6) is 11.5 Å². The topological polar surface area (TPSA) is 95.0 Å². The van der Waals surface area contributed by atoms with Gasteiger partial charge in [-0.3, -0.25) is 9.59 Å². The number of rotatable bonds is 6. The summed E-state index contributed by atoms with van der Waals surface area (Å²) in [5, 5.41) is 1.19. The van der Waals surface area contributed by atoms with Crippen molar-refractivity contribution in [1.82, 2.24) is 4.90 Å². The van der Waals surface area contributed by atoms with Crippen LogP contribution in [0.4, 0.5) is 0 Å². The van der Waals surface area contributed by atoms with Crippen molar-refractivity contribution in [2.75, 3.05) is 32.8 Å². The number of ketones is 1. The number of furan rings is 1. The van der Waals surface area contributed by atoms with Crippen LogP contribution in [-0.2, 0) is 11.2 Å². The number of aryl methyl sites for hydroxylation is 1. The van der Waals surface area contributed by atoms with Crippen LogP contribution in [0.2, 0.25) is 5.02 Å². The number of carbonyl (C=O) groups excluding carboxylic acids is 2. The first kappa shape index (κ1) is 22.2. The molecule has 0 atom stereocenters. The third-order valence-electron chi connectivity index (χ3n) is 5.42. The van der Waals surface area contributed by atoms with Crippen LogP contribution in [-0.4, -0.2) is 49.4 Å². The molecule has 0 aliphatic carbocycles. The van der Waals surface area contributed by atoms with E-state index in [0.29, 0.717) is 29.2 Å². The fraction of sp³-hybridized carbons (Fsp3) is 0.333. The number of nitrogens with zero attached hydrogens (tertiary/aromatic N) is 1. The van der Waals surface area contributed by atoms with Crippen molar-refractivity contribution < 1.29 is 23.5 Å². The molecule has 0 radical (unpaired) electrons. The molecule has 3 heterocycles. The molecule has 0 saturated carbocycles. The third kappa shape index (κ3) is 5.41. The van der Waals surface area contributed by atoms with E-state index in [0.717, 1.165) is 17.9 Å². The van der Waals surface area contributed by atoms with Gasteiger partial charge in [-0.2, -0.15) is 0 Å². The maximum Gasteiger partial charge on any atom is 0.293 e. The Hall–Kier alpha value is -3.03. The van der Waals surface area contributed by atoms with Gasteiger partial charge in [0.2, 0.25) is 0 Å². The van der Waals surface area contributed by atoms with Gasteiger partial charge in [-0.15, -0.1) is 0 Å². The summed E-state index contributed by atoms with van der Waals surface area (Å²) in [7, 11) is 0. The molecule has 168 valence electrons. The zero-order chi connectivity index (χ0) is 22.5. The van der Waals surface area contributed by atoms with Crippen molar-refractivity contribution in [3.8, 4) is 11.5 Å². The number of likely N-dealkylation sites (tertiary alicyclic amines) is 1. The van der Waals surface area contributed by atoms with Gasteiger partial charge in [0.05, 0.1) is 0 Å². The van der Waals surface area contributed by atoms with E-state index in [-0.39, 0.29) is 5.76 Å². The van der Waals surface area contributed by atoms with Gasteiger partial charge in [0.15, 0.2) is 17.3 Å². The van der Waals surface area contributed by atoms with Gasteiger partial charge in [-0.05, 0) is 80.9 Å². The molecular formula is C24H25ClN2O5. The summed E-state index contributed by atoms with van der Waals surface area (Å²) in [5.41, 5.74) is 6.69. The Morgan fingerprint density at radius 2 is 1.78 bits per heavy atom. The highest BCUT2D eigenvalue weighted by atomic mass is 35.5. The molecule has 2 aromatic carbocycles. The molecule has 1 amide bonds. The van der Waals surface area contributed by atoms with Crippen LogP contribution in [0.25, 0.3) is 11.0 Å². The number of carbonyl (C=O) groups is 2. The number of hydrogen-bond acceptors (Lipinski definition) is 6. The first-order chi connectivity index (χ1) is 15.5. The molecule has 2 aliphatic rings. The Labute approximate surface area is 191 Å². The van der Waals surface area contributed by atoms with E-state index in [1.165, 1.54) is 44.1 Å². The van der Waals surface area contributed by atoms with Gasteiger partial charge >= 0.3 is 0 Å². The van der Waals surface area contributed by atoms with Crippen molar-refractivity contribution in [3.63, 3.8) is 0 Å². The monoisotopic (exact) mass is 456 g/mol. The molecule has 5 rings (SSSR count). The highest BCUT2D eigenvalue weighted by Crippen LogP contribution is 2.31. The molecule has 2 aliphatic heterocycles. The average Bonchev–Trinajstić information content (AvgIpc) is 3.18. The van der Waals surface area contributed by atoms with Gasteiger partial charge in [-0.25, -0.2) is 0 Å². The molecule has 32 heavy (non-hydrogen) atoms. The number of ether oxygens (including phenoxy) is 2. The van der Waals surface area contributed by atoms with Gasteiger partial charge < -0.3 is 24.5 Å². The van der Waals surface area contributed by atoms with E-state index in [1.807, 2.05) is 6.07 Å². The summed E-state index contributed by atoms with van der Waals surface area (Å²) in [5.74, 6) is -0.150. The van der Waals surface area contributed by atoms with E-state index in [9.17, 15) is 9.59 Å². The Morgan fingerprint density at radius 3 is 2.50 bits per heavy atom. The lowest BCUT2D eigenvalue weighted by Crippen LogP contribution is -2.37. The quantitative estimate of drug-likeness (QED) is 0.447. The predicted octanol–water partition coefficient (Wildman–Crippen LogP) is 3.85. The van der Waals surface area contributed by atoms with Crippen LogP contribution in [0.1, 0.15) is 29.0 Å². The van der Waals surface area contributed by atoms with Crippen LogP contribution in [0.3, 0.4) is 0 Å². The first-order valence-electron chi connectivity index (χ1n) is 10.6. The van der Waals surface area contributed by atoms with E-state index in [1.54, 1.807) is 18.2 Å². The number of hydrogen-bond donors (Lipinski definition) is 1. The van der Waals surface area contributed by atoms with Gasteiger partial charge in [0, 0.05) is 10.4 Å². The summed E-state index contributed by atoms with van der Waals surface area (Å²) < 4.78 is 16.2. The molecule has 1 aromatic heterocycles. The van der Waals surface area contributed by atoms with Crippen LogP contribution < -0.4 is 15.2 Å². The van der Waals surface area contributed by atoms with Gasteiger partial charge in [0.25, 0.3) is 11.7 Å². The summed E-state index contributed by atoms with van der Waals surface area (Å²) in [6.45, 7) is 5.16. The molecule has 0 bridgehead atoms. The second kappa shape index (κ2) is 10.1. The Kier molecular flexibility index (Phi) is 6.97. The molecule has 0 unspecified atom stereocenters. The van der Waals surface area contributed by atoms with E-state index < -0.39 is 11.7 Å². The zero-order valence-corrected chi connectivity index (χ0v) is 18.4. The normalized spacial score (nSPS) is 14.9. The molecule has 2 N–H and O–H groups in total. The fourth-order valence-corrected chi connectivity index (χ4v) is 3.78. The minimum absolute atomic E-state index is 0.0697. The number of halogens is 1. The standard InChI is InChI=1S/C14H19NO2.C10H6ClNO3/c1(6-15-7-2-8-15)3-12-4-5-13-14(11-12)17-10-9-16-13;11-6-1-2-7-5(3-6)4-8(15-7)9(13)10(12)14/h4-5,11H,1-3,6-10H2;1-4H,(H2,12,14). The predicted molar refractivity (Wildman–Crippen MR) is 122 cm³/mol. The zero-order valence-electron chi connectivity index (χ0n) is 17.6. The summed E-state index contributed by atoms with van der Waals surface area (Å²) in [6.07, 6.45) is 3.75. The Bertz CT molecular complexity index is 1120. The van der Waals surface area contributed by atoms with Crippen molar-refractivity contribution in [2.45, 2.75) is 19.3 Å². The molecule has 0 spiro atoms. The number of nitrogens with two attached hydrogens (primary N) is 1. The number of primary amides is 1. The second-order valence-electron chi connectivity index (χ2n) is 7.76. The van der Waals surface area contributed by atoms with Crippen molar-refractivity contribution in [2.24, 2.45) is 5.73 Å². The van der Waals surface area contributed by atoms with E-state index >= 15 is 0 Å². The maximum atomic E-state index is 11.2. The van der Waals surface area contributed by atoms with Crippen molar-refractivity contribution in [3.05, 3.63) is 58.8 Å². The van der Waals surface area contributed by atoms with Gasteiger partial charge in [-0.1, -0.05) is 17.7 Å². The number of benzene rings is 2.